The normalized spacial score (nSPS) is 10.7. The first kappa shape index (κ1) is 17.5. The van der Waals surface area contributed by atoms with Crippen molar-refractivity contribution >= 4 is 39.0 Å². The minimum atomic E-state index is -0.341. The maximum absolute atomic E-state index is 12.7. The largest absolute Gasteiger partial charge is 0.464 e. The van der Waals surface area contributed by atoms with Crippen LogP contribution in [0.3, 0.4) is 0 Å². The number of hydrogen-bond acceptors (Lipinski definition) is 8. The predicted octanol–water partition coefficient (Wildman–Crippen LogP) is 2.92. The van der Waals surface area contributed by atoms with E-state index in [0.29, 0.717) is 33.0 Å². The van der Waals surface area contributed by atoms with Crippen LogP contribution in [-0.4, -0.2) is 15.9 Å². The second-order valence-corrected chi connectivity index (χ2v) is 6.90. The number of carbonyl (C=O) groups excluding carboxylic acids is 1. The monoisotopic (exact) mass is 390 g/mol. The fourth-order valence-electron chi connectivity index (χ4n) is 2.88. The molecule has 138 valence electrons. The number of aromatic nitrogens is 2. The van der Waals surface area contributed by atoms with E-state index in [1.807, 2.05) is 6.07 Å². The summed E-state index contributed by atoms with van der Waals surface area (Å²) in [7, 11) is 0. The number of hydrogen-bond donors (Lipinski definition) is 3. The molecule has 0 bridgehead atoms. The Morgan fingerprint density at radius 1 is 1.32 bits per heavy atom. The van der Waals surface area contributed by atoms with Gasteiger partial charge in [-0.05, 0) is 23.8 Å². The van der Waals surface area contributed by atoms with E-state index in [1.54, 1.807) is 30.6 Å². The Hall–Kier alpha value is -3.90. The molecule has 0 aromatic carbocycles. The molecule has 1 amide bonds. The molecule has 0 aliphatic rings. The molecule has 0 radical (unpaired) electrons. The molecular weight excluding hydrogens is 376 g/mol. The summed E-state index contributed by atoms with van der Waals surface area (Å²) in [6, 6.07) is 9.10. The summed E-state index contributed by atoms with van der Waals surface area (Å²) in [5.41, 5.74) is 14.0. The second kappa shape index (κ2) is 7.02. The van der Waals surface area contributed by atoms with Crippen LogP contribution in [0, 0.1) is 11.3 Å². The van der Waals surface area contributed by atoms with Gasteiger partial charge in [0.15, 0.2) is 0 Å². The number of nitrogens with one attached hydrogen (secondary N) is 1. The van der Waals surface area contributed by atoms with Gasteiger partial charge >= 0.3 is 0 Å². The van der Waals surface area contributed by atoms with Crippen LogP contribution in [0.15, 0.2) is 47.3 Å². The number of nitriles is 1. The quantitative estimate of drug-likeness (QED) is 0.486. The number of nitrogen functional groups attached to an aromatic ring is 2. The molecule has 8 nitrogen and oxygen atoms in total. The Kier molecular flexibility index (Phi) is 4.39. The minimum absolute atomic E-state index is 0.0602. The zero-order chi connectivity index (χ0) is 19.7. The number of thiophene rings is 1. The zero-order valence-corrected chi connectivity index (χ0v) is 15.3. The SMILES string of the molecule is N#Cc1c(N)nc2sc(C(=O)NCc3cccnc3)c(N)c2c1-c1ccco1. The average molecular weight is 390 g/mol. The Morgan fingerprint density at radius 3 is 2.86 bits per heavy atom. The van der Waals surface area contributed by atoms with Crippen LogP contribution < -0.4 is 16.8 Å². The highest BCUT2D eigenvalue weighted by molar-refractivity contribution is 7.21. The third-order valence-corrected chi connectivity index (χ3v) is 5.26. The highest BCUT2D eigenvalue weighted by Crippen LogP contribution is 2.42. The van der Waals surface area contributed by atoms with Gasteiger partial charge in [0.25, 0.3) is 5.91 Å². The Bertz CT molecular complexity index is 1210. The fourth-order valence-corrected chi connectivity index (χ4v) is 3.91. The maximum atomic E-state index is 12.7. The van der Waals surface area contributed by atoms with Crippen LogP contribution in [0.4, 0.5) is 11.5 Å². The van der Waals surface area contributed by atoms with E-state index in [2.05, 4.69) is 21.4 Å². The van der Waals surface area contributed by atoms with Crippen LogP contribution in [0.2, 0.25) is 0 Å². The molecule has 0 spiro atoms. The van der Waals surface area contributed by atoms with Gasteiger partial charge in [0.2, 0.25) is 0 Å². The smallest absolute Gasteiger partial charge is 0.263 e. The van der Waals surface area contributed by atoms with Gasteiger partial charge in [0.1, 0.15) is 32.9 Å². The van der Waals surface area contributed by atoms with Crippen LogP contribution in [0.25, 0.3) is 21.5 Å². The highest BCUT2D eigenvalue weighted by Gasteiger charge is 2.25. The highest BCUT2D eigenvalue weighted by atomic mass is 32.1. The van der Waals surface area contributed by atoms with Crippen LogP contribution in [0.1, 0.15) is 20.8 Å². The third-order valence-electron chi connectivity index (χ3n) is 4.17. The molecule has 0 fully saturated rings. The first-order valence-corrected chi connectivity index (χ1v) is 9.04. The molecule has 0 saturated carbocycles. The topological polar surface area (TPSA) is 144 Å². The predicted molar refractivity (Wildman–Crippen MR) is 106 cm³/mol. The lowest BCUT2D eigenvalue weighted by Crippen LogP contribution is -2.22. The number of pyridine rings is 2. The summed E-state index contributed by atoms with van der Waals surface area (Å²) in [6.45, 7) is 0.310. The van der Waals surface area contributed by atoms with Gasteiger partial charge in [-0.15, -0.1) is 11.3 Å². The molecule has 0 aliphatic heterocycles. The van der Waals surface area contributed by atoms with Crippen molar-refractivity contribution in [2.24, 2.45) is 0 Å². The van der Waals surface area contributed by atoms with E-state index in [1.165, 1.54) is 6.26 Å². The van der Waals surface area contributed by atoms with Crippen molar-refractivity contribution < 1.29 is 9.21 Å². The first-order chi connectivity index (χ1) is 13.6. The molecule has 4 aromatic heterocycles. The van der Waals surface area contributed by atoms with Crippen molar-refractivity contribution in [3.8, 4) is 17.4 Å². The number of anilines is 2. The first-order valence-electron chi connectivity index (χ1n) is 8.22. The lowest BCUT2D eigenvalue weighted by atomic mass is 10.0. The van der Waals surface area contributed by atoms with Crippen molar-refractivity contribution in [2.45, 2.75) is 6.54 Å². The van der Waals surface area contributed by atoms with Crippen molar-refractivity contribution in [3.05, 3.63) is 58.9 Å². The van der Waals surface area contributed by atoms with Gasteiger partial charge in [0, 0.05) is 24.3 Å². The summed E-state index contributed by atoms with van der Waals surface area (Å²) in [5.74, 6) is 0.152. The molecule has 0 aliphatic carbocycles. The Labute approximate surface area is 163 Å². The second-order valence-electron chi connectivity index (χ2n) is 5.91. The van der Waals surface area contributed by atoms with Crippen molar-refractivity contribution in [1.82, 2.24) is 15.3 Å². The summed E-state index contributed by atoms with van der Waals surface area (Å²) < 4.78 is 5.46. The molecule has 0 saturated heterocycles. The van der Waals surface area contributed by atoms with E-state index in [-0.39, 0.29) is 23.0 Å². The number of nitrogens with two attached hydrogens (primary N) is 2. The van der Waals surface area contributed by atoms with Crippen molar-refractivity contribution in [2.75, 3.05) is 11.5 Å². The molecule has 0 atom stereocenters. The number of amides is 1. The minimum Gasteiger partial charge on any atom is -0.464 e. The van der Waals surface area contributed by atoms with E-state index < -0.39 is 0 Å². The van der Waals surface area contributed by atoms with E-state index in [9.17, 15) is 10.1 Å². The van der Waals surface area contributed by atoms with E-state index in [4.69, 9.17) is 15.9 Å². The molecule has 9 heteroatoms. The van der Waals surface area contributed by atoms with Crippen molar-refractivity contribution in [3.63, 3.8) is 0 Å². The van der Waals surface area contributed by atoms with Gasteiger partial charge in [-0.3, -0.25) is 9.78 Å². The number of rotatable bonds is 4. The molecule has 28 heavy (non-hydrogen) atoms. The summed E-state index contributed by atoms with van der Waals surface area (Å²) >= 11 is 1.12. The van der Waals surface area contributed by atoms with Gasteiger partial charge in [-0.25, -0.2) is 4.98 Å². The van der Waals surface area contributed by atoms with E-state index in [0.717, 1.165) is 16.9 Å². The lowest BCUT2D eigenvalue weighted by molar-refractivity contribution is 0.0956. The van der Waals surface area contributed by atoms with Crippen LogP contribution >= 0.6 is 11.3 Å². The van der Waals surface area contributed by atoms with Gasteiger partial charge < -0.3 is 21.2 Å². The summed E-state index contributed by atoms with van der Waals surface area (Å²) in [4.78, 5) is 21.7. The number of furan rings is 1. The van der Waals surface area contributed by atoms with Gasteiger partial charge in [0.05, 0.1) is 17.5 Å². The number of carbonyl (C=O) groups is 1. The molecule has 4 aromatic rings. The molecule has 4 rings (SSSR count). The molecule has 5 N–H and O–H groups in total. The molecule has 0 unspecified atom stereocenters. The average Bonchev–Trinajstić information content (AvgIpc) is 3.34. The van der Waals surface area contributed by atoms with Crippen molar-refractivity contribution in [1.29, 1.82) is 5.26 Å². The lowest BCUT2D eigenvalue weighted by Gasteiger charge is -2.07. The third kappa shape index (κ3) is 2.91. The number of nitrogens with zero attached hydrogens (tertiary/aromatic N) is 3. The molecular formula is C19H14N6O2S. The zero-order valence-electron chi connectivity index (χ0n) is 14.5. The van der Waals surface area contributed by atoms with Gasteiger partial charge in [-0.1, -0.05) is 6.07 Å². The van der Waals surface area contributed by atoms with Crippen LogP contribution in [-0.2, 0) is 6.54 Å². The molecule has 4 heterocycles. The fraction of sp³-hybridized carbons (Fsp3) is 0.0526. The summed E-state index contributed by atoms with van der Waals surface area (Å²) in [6.07, 6.45) is 4.82. The van der Waals surface area contributed by atoms with E-state index >= 15 is 0 Å². The van der Waals surface area contributed by atoms with Gasteiger partial charge in [-0.2, -0.15) is 5.26 Å². The Balaban J connectivity index is 1.80. The number of fused-ring (bicyclic) bond motifs is 1. The standard InChI is InChI=1S/C19H14N6O2S/c20-7-11-13(12-4-2-6-27-12)14-15(21)16(28-19(14)25-17(11)22)18(26)24-9-10-3-1-5-23-8-10/h1-6,8H,9,21H2,(H2,22,25)(H,24,26). The maximum Gasteiger partial charge on any atom is 0.263 e. The van der Waals surface area contributed by atoms with Crippen LogP contribution in [0.5, 0.6) is 0 Å². The summed E-state index contributed by atoms with van der Waals surface area (Å²) in [5, 5.41) is 12.8. The Morgan fingerprint density at radius 2 is 2.18 bits per heavy atom.